The quantitative estimate of drug-likeness (QED) is 0.135. The number of carbonyl (C=O) groups excluding carboxylic acids is 2. The van der Waals surface area contributed by atoms with E-state index in [0.717, 1.165) is 4.68 Å². The number of imidazole rings is 1. The number of aromatic nitrogens is 5. The summed E-state index contributed by atoms with van der Waals surface area (Å²) in [6, 6.07) is 2.38. The second kappa shape index (κ2) is 13.9. The number of anilines is 2. The molecule has 4 aromatic rings. The number of hydrogen-bond acceptors (Lipinski definition) is 9. The van der Waals surface area contributed by atoms with Crippen molar-refractivity contribution in [2.75, 3.05) is 31.6 Å². The van der Waals surface area contributed by atoms with Gasteiger partial charge in [0.15, 0.2) is 22.9 Å². The average molecular weight is 635 g/mol. The molecule has 16 heteroatoms. The fraction of sp³-hybridized carbons (Fsp3) is 0.321. The lowest BCUT2D eigenvalue weighted by molar-refractivity contribution is -0.141. The van der Waals surface area contributed by atoms with Crippen molar-refractivity contribution in [3.05, 3.63) is 65.4 Å². The van der Waals surface area contributed by atoms with Crippen LogP contribution in [0.25, 0.3) is 16.9 Å². The number of nitrogens with one attached hydrogen (secondary N) is 2. The van der Waals surface area contributed by atoms with Crippen LogP contribution in [0.5, 0.6) is 5.75 Å². The molecule has 1 amide bonds. The van der Waals surface area contributed by atoms with Crippen LogP contribution < -0.4 is 21.1 Å². The van der Waals surface area contributed by atoms with Gasteiger partial charge in [-0.3, -0.25) is 18.7 Å². The summed E-state index contributed by atoms with van der Waals surface area (Å²) in [7, 11) is 0. The van der Waals surface area contributed by atoms with E-state index in [0.29, 0.717) is 25.1 Å². The maximum atomic E-state index is 14.0. The molecule has 0 saturated heterocycles. The number of nitrogens with zero attached hydrogens (tertiary/aromatic N) is 5. The molecular weight excluding hydrogens is 605 g/mol. The van der Waals surface area contributed by atoms with Gasteiger partial charge in [-0.25, -0.2) is 9.97 Å². The Hall–Kier alpha value is -4.47. The fourth-order valence-corrected chi connectivity index (χ4v) is 4.55. The molecule has 0 radical (unpaired) electrons. The number of alkyl halides is 3. The van der Waals surface area contributed by atoms with Gasteiger partial charge in [0, 0.05) is 47.8 Å². The Bertz CT molecular complexity index is 1670. The van der Waals surface area contributed by atoms with Crippen LogP contribution >= 0.6 is 11.6 Å². The third-order valence-electron chi connectivity index (χ3n) is 6.63. The lowest BCUT2D eigenvalue weighted by Gasteiger charge is -2.17. The molecule has 0 aliphatic rings. The van der Waals surface area contributed by atoms with E-state index in [4.69, 9.17) is 26.8 Å². The van der Waals surface area contributed by atoms with Crippen molar-refractivity contribution in [2.24, 2.45) is 5.73 Å². The molecule has 3 aromatic heterocycles. The van der Waals surface area contributed by atoms with Crippen LogP contribution in [-0.2, 0) is 22.1 Å². The zero-order valence-electron chi connectivity index (χ0n) is 23.8. The van der Waals surface area contributed by atoms with E-state index >= 15 is 0 Å². The Morgan fingerprint density at radius 1 is 1.27 bits per heavy atom. The number of allylic oxidation sites excluding steroid dienone is 1. The zero-order valence-corrected chi connectivity index (χ0v) is 24.6. The highest BCUT2D eigenvalue weighted by Gasteiger charge is 2.39. The molecule has 234 valence electrons. The topological polar surface area (TPSA) is 151 Å². The predicted octanol–water partition coefficient (Wildman–Crippen LogP) is 4.47. The number of hydrogen-bond donors (Lipinski definition) is 3. The fourth-order valence-electron chi connectivity index (χ4n) is 4.45. The highest BCUT2D eigenvalue weighted by atomic mass is 35.5. The van der Waals surface area contributed by atoms with E-state index < -0.39 is 23.8 Å². The van der Waals surface area contributed by atoms with E-state index in [2.05, 4.69) is 32.3 Å². The van der Waals surface area contributed by atoms with Crippen molar-refractivity contribution < 1.29 is 32.2 Å². The molecule has 4 rings (SSSR count). The minimum atomic E-state index is -4.77. The van der Waals surface area contributed by atoms with Crippen LogP contribution in [0.15, 0.2) is 48.5 Å². The van der Waals surface area contributed by atoms with Crippen molar-refractivity contribution in [3.63, 3.8) is 0 Å². The number of ether oxygens (including phenoxy) is 2. The Balaban J connectivity index is 1.72. The van der Waals surface area contributed by atoms with Crippen LogP contribution in [0.3, 0.4) is 0 Å². The van der Waals surface area contributed by atoms with Crippen LogP contribution in [0.1, 0.15) is 41.5 Å². The smallest absolute Gasteiger partial charge is 0.426 e. The van der Waals surface area contributed by atoms with E-state index in [-0.39, 0.29) is 64.4 Å². The number of benzene rings is 1. The number of amides is 1. The average Bonchev–Trinajstić information content (AvgIpc) is 3.62. The Labute approximate surface area is 255 Å². The van der Waals surface area contributed by atoms with Gasteiger partial charge >= 0.3 is 6.18 Å². The summed E-state index contributed by atoms with van der Waals surface area (Å²) in [5.41, 5.74) is 5.32. The SMILES string of the molecule is C=C(Cl)C(C)n1cc(-c2cnc3c(Nc4ccc(C(=O)NCCOCCN)c(CC)c4OC=O)nccn23)c(C(F)(F)F)n1. The van der Waals surface area contributed by atoms with Gasteiger partial charge < -0.3 is 25.8 Å². The first-order chi connectivity index (χ1) is 21.0. The molecule has 0 saturated carbocycles. The highest BCUT2D eigenvalue weighted by molar-refractivity contribution is 6.29. The van der Waals surface area contributed by atoms with E-state index in [1.807, 2.05) is 0 Å². The van der Waals surface area contributed by atoms with Crippen LogP contribution in [-0.4, -0.2) is 62.8 Å². The molecule has 1 aromatic carbocycles. The standard InChI is InChI=1S/C28H30ClF3N8O4/c1-4-18-19(27(42)35-9-12-43-11-7-33)5-6-21(23(18)44-15-41)37-25-26-36-13-22(39(26)10-8-34-25)20-14-40(17(3)16(2)29)38-24(20)28(30,31)32/h5-6,8,10,13-15,17H,2,4,7,9,11-12,33H2,1,3H3,(H,34,37)(H,35,42). The van der Waals surface area contributed by atoms with Crippen molar-refractivity contribution in [1.29, 1.82) is 0 Å². The number of nitrogens with two attached hydrogens (primary N) is 1. The van der Waals surface area contributed by atoms with Gasteiger partial charge in [-0.2, -0.15) is 18.3 Å². The van der Waals surface area contributed by atoms with Gasteiger partial charge in [0.05, 0.1) is 42.4 Å². The summed E-state index contributed by atoms with van der Waals surface area (Å²) in [6.07, 6.45) is 0.884. The van der Waals surface area contributed by atoms with Crippen molar-refractivity contribution in [2.45, 2.75) is 32.5 Å². The second-order valence-electron chi connectivity index (χ2n) is 9.42. The number of carbonyl (C=O) groups is 2. The van der Waals surface area contributed by atoms with Gasteiger partial charge in [-0.15, -0.1) is 0 Å². The molecule has 0 bridgehead atoms. The van der Waals surface area contributed by atoms with Gasteiger partial charge in [0.25, 0.3) is 12.4 Å². The predicted molar refractivity (Wildman–Crippen MR) is 157 cm³/mol. The minimum absolute atomic E-state index is 0.0843. The first kappa shape index (κ1) is 32.4. The highest BCUT2D eigenvalue weighted by Crippen LogP contribution is 2.39. The molecule has 12 nitrogen and oxygen atoms in total. The third kappa shape index (κ3) is 6.85. The maximum Gasteiger partial charge on any atom is 0.435 e. The molecule has 0 spiro atoms. The van der Waals surface area contributed by atoms with Crippen LogP contribution in [0, 0.1) is 0 Å². The normalized spacial score (nSPS) is 12.2. The van der Waals surface area contributed by atoms with Crippen LogP contribution in [0.2, 0.25) is 0 Å². The minimum Gasteiger partial charge on any atom is -0.426 e. The lowest BCUT2D eigenvalue weighted by atomic mass is 10.0. The molecule has 44 heavy (non-hydrogen) atoms. The Morgan fingerprint density at radius 2 is 2.05 bits per heavy atom. The summed E-state index contributed by atoms with van der Waals surface area (Å²) in [6.45, 7) is 8.43. The summed E-state index contributed by atoms with van der Waals surface area (Å²) in [5.74, 6) is -0.165. The molecule has 4 N–H and O–H groups in total. The van der Waals surface area contributed by atoms with Gasteiger partial charge in [0.1, 0.15) is 0 Å². The Kier molecular flexibility index (Phi) is 10.2. The largest absolute Gasteiger partial charge is 0.435 e. The first-order valence-electron chi connectivity index (χ1n) is 13.4. The molecule has 3 heterocycles. The lowest BCUT2D eigenvalue weighted by Crippen LogP contribution is -2.29. The Morgan fingerprint density at radius 3 is 2.70 bits per heavy atom. The van der Waals surface area contributed by atoms with Gasteiger partial charge in [0.2, 0.25) is 0 Å². The maximum absolute atomic E-state index is 14.0. The second-order valence-corrected chi connectivity index (χ2v) is 9.91. The molecule has 1 unspecified atom stereocenters. The van der Waals surface area contributed by atoms with Gasteiger partial charge in [-0.05, 0) is 25.5 Å². The monoisotopic (exact) mass is 634 g/mol. The first-order valence-corrected chi connectivity index (χ1v) is 13.8. The third-order valence-corrected chi connectivity index (χ3v) is 6.94. The van der Waals surface area contributed by atoms with E-state index in [9.17, 15) is 22.8 Å². The number of rotatable bonds is 14. The molecular formula is C28H30ClF3N8O4. The van der Waals surface area contributed by atoms with Crippen molar-refractivity contribution >= 4 is 41.1 Å². The van der Waals surface area contributed by atoms with Gasteiger partial charge in [-0.1, -0.05) is 25.1 Å². The zero-order chi connectivity index (χ0) is 32.0. The van der Waals surface area contributed by atoms with E-state index in [1.54, 1.807) is 19.9 Å². The summed E-state index contributed by atoms with van der Waals surface area (Å²) in [5, 5.41) is 9.64. The summed E-state index contributed by atoms with van der Waals surface area (Å²) >= 11 is 5.95. The molecule has 0 aliphatic heterocycles. The summed E-state index contributed by atoms with van der Waals surface area (Å²) in [4.78, 5) is 33.0. The van der Waals surface area contributed by atoms with Crippen molar-refractivity contribution in [3.8, 4) is 17.0 Å². The van der Waals surface area contributed by atoms with E-state index in [1.165, 1.54) is 35.3 Å². The number of halogens is 4. The van der Waals surface area contributed by atoms with Crippen LogP contribution in [0.4, 0.5) is 24.7 Å². The molecule has 1 atom stereocenters. The number of fused-ring (bicyclic) bond motifs is 1. The van der Waals surface area contributed by atoms with Crippen molar-refractivity contribution in [1.82, 2.24) is 29.5 Å². The summed E-state index contributed by atoms with van der Waals surface area (Å²) < 4.78 is 55.1. The molecule has 0 fully saturated rings. The molecule has 0 aliphatic carbocycles.